The van der Waals surface area contributed by atoms with Gasteiger partial charge in [0.15, 0.2) is 5.75 Å². The highest BCUT2D eigenvalue weighted by Gasteiger charge is 2.50. The van der Waals surface area contributed by atoms with Gasteiger partial charge in [-0.05, 0) is 71.9 Å². The quantitative estimate of drug-likeness (QED) is 0.190. The molecule has 2 aromatic rings. The van der Waals surface area contributed by atoms with E-state index in [0.29, 0.717) is 24.9 Å². The Morgan fingerprint density at radius 2 is 1.91 bits per heavy atom. The van der Waals surface area contributed by atoms with E-state index in [1.54, 1.807) is 42.3 Å². The molecule has 2 heterocycles. The van der Waals surface area contributed by atoms with Gasteiger partial charge in [-0.3, -0.25) is 14.6 Å². The van der Waals surface area contributed by atoms with E-state index in [1.165, 1.54) is 10.4 Å². The second-order valence-corrected chi connectivity index (χ2v) is 13.4. The Morgan fingerprint density at radius 3 is 2.53 bits per heavy atom. The number of nitrogens with one attached hydrogen (secondary N) is 1. The molecule has 2 amide bonds. The fourth-order valence-electron chi connectivity index (χ4n) is 5.35. The molecule has 0 aliphatic carbocycles. The minimum Gasteiger partial charge on any atom is -0.493 e. The Morgan fingerprint density at radius 1 is 1.20 bits per heavy atom. The SMILES string of the molecule is C=CCCOc1cc(C2=NC3(CCN([S+](=O)(O)CCc4ccc(C(=O)N(C)CC=C)cc4C)CC3)C(=O)N2)cc(C(F)(F)F)c1. The van der Waals surface area contributed by atoms with Gasteiger partial charge >= 0.3 is 6.18 Å². The first kappa shape index (κ1) is 34.1. The van der Waals surface area contributed by atoms with Crippen LogP contribution in [0.3, 0.4) is 0 Å². The Kier molecular flexibility index (Phi) is 10.4. The number of alkyl halides is 3. The topological polar surface area (TPSA) is 112 Å². The molecule has 1 spiro atoms. The molecule has 1 saturated heterocycles. The van der Waals surface area contributed by atoms with Gasteiger partial charge < -0.3 is 15.0 Å². The third-order valence-electron chi connectivity index (χ3n) is 8.01. The predicted octanol–water partition coefficient (Wildman–Crippen LogP) is 5.07. The summed E-state index contributed by atoms with van der Waals surface area (Å²) in [6.07, 6.45) is -0.430. The lowest BCUT2D eigenvalue weighted by Gasteiger charge is -2.33. The first-order valence-electron chi connectivity index (χ1n) is 14.5. The van der Waals surface area contributed by atoms with E-state index >= 15 is 0 Å². The molecule has 0 aromatic heterocycles. The standard InChI is InChI=1S/C32H37F3N4O5S/c1-5-7-16-44-27-20-25(19-26(21-27)32(33,34)35)28-36-30(41)31(37-28)11-14-39(15-12-31)45(42,43)17-10-23-8-9-24(18-22(23)3)29(40)38(4)13-6-2/h5-6,8-9,18-21H,1-2,7,10-17H2,3-4H3,(H-,36,37,41,42,43)/p+1. The number of halogens is 3. The molecule has 4 rings (SSSR count). The van der Waals surface area contributed by atoms with E-state index in [9.17, 15) is 31.5 Å². The van der Waals surface area contributed by atoms with Crippen LogP contribution in [0, 0.1) is 6.92 Å². The molecule has 45 heavy (non-hydrogen) atoms. The number of piperidine rings is 1. The van der Waals surface area contributed by atoms with Gasteiger partial charge in [-0.25, -0.2) is 0 Å². The highest BCUT2D eigenvalue weighted by molar-refractivity contribution is 7.95. The molecule has 1 atom stereocenters. The molecule has 242 valence electrons. The van der Waals surface area contributed by atoms with E-state index < -0.39 is 33.6 Å². The summed E-state index contributed by atoms with van der Waals surface area (Å²) in [7, 11) is -1.76. The van der Waals surface area contributed by atoms with Crippen LogP contribution in [0.25, 0.3) is 0 Å². The molecule has 13 heteroatoms. The Bertz CT molecular complexity index is 1550. The molecule has 2 aliphatic rings. The number of hydrogen-bond acceptors (Lipinski definition) is 5. The van der Waals surface area contributed by atoms with Crippen LogP contribution in [-0.4, -0.2) is 76.0 Å². The average Bonchev–Trinajstić information content (AvgIpc) is 3.31. The summed E-state index contributed by atoms with van der Waals surface area (Å²) < 4.78 is 72.1. The largest absolute Gasteiger partial charge is 0.493 e. The molecule has 1 fully saturated rings. The van der Waals surface area contributed by atoms with Crippen LogP contribution >= 0.6 is 0 Å². The fourth-order valence-corrected chi connectivity index (χ4v) is 6.85. The number of aliphatic imine (C=N–C) groups is 1. The van der Waals surface area contributed by atoms with Gasteiger partial charge in [0, 0.05) is 44.2 Å². The molecule has 2 aromatic carbocycles. The number of nitrogens with zero attached hydrogens (tertiary/aromatic N) is 3. The summed E-state index contributed by atoms with van der Waals surface area (Å²) in [6.45, 7) is 9.81. The minimum atomic E-state index is -4.64. The summed E-state index contributed by atoms with van der Waals surface area (Å²) in [5.41, 5.74) is 0.0609. The zero-order chi connectivity index (χ0) is 33.0. The van der Waals surface area contributed by atoms with Crippen molar-refractivity contribution in [3.05, 3.63) is 89.5 Å². The summed E-state index contributed by atoms with van der Waals surface area (Å²) >= 11 is 0. The van der Waals surface area contributed by atoms with Crippen LogP contribution < -0.4 is 10.1 Å². The van der Waals surface area contributed by atoms with E-state index in [-0.39, 0.29) is 61.3 Å². The molecule has 0 bridgehead atoms. The van der Waals surface area contributed by atoms with Crippen LogP contribution in [0.1, 0.15) is 51.9 Å². The van der Waals surface area contributed by atoms with Crippen LogP contribution in [0.5, 0.6) is 5.75 Å². The normalized spacial score (nSPS) is 17.7. The lowest BCUT2D eigenvalue weighted by molar-refractivity contribution is -0.137. The van der Waals surface area contributed by atoms with Gasteiger partial charge in [0.05, 0.1) is 12.2 Å². The maximum absolute atomic E-state index is 13.6. The van der Waals surface area contributed by atoms with Crippen LogP contribution in [-0.2, 0) is 32.0 Å². The molecule has 9 nitrogen and oxygen atoms in total. The lowest BCUT2D eigenvalue weighted by atomic mass is 9.89. The number of carbonyl (C=O) groups is 2. The zero-order valence-electron chi connectivity index (χ0n) is 25.4. The molecule has 2 aliphatic heterocycles. The number of aryl methyl sites for hydroxylation is 2. The van der Waals surface area contributed by atoms with Crippen molar-refractivity contribution >= 4 is 28.0 Å². The average molecular weight is 648 g/mol. The first-order valence-corrected chi connectivity index (χ1v) is 16.2. The van der Waals surface area contributed by atoms with Crippen LogP contribution in [0.4, 0.5) is 13.2 Å². The van der Waals surface area contributed by atoms with E-state index in [0.717, 1.165) is 23.3 Å². The summed E-state index contributed by atoms with van der Waals surface area (Å²) in [6, 6.07) is 8.45. The molecule has 2 N–H and O–H groups in total. The van der Waals surface area contributed by atoms with Gasteiger partial charge in [0.1, 0.15) is 17.1 Å². The Hall–Kier alpha value is -3.81. The van der Waals surface area contributed by atoms with Crippen molar-refractivity contribution in [3.63, 3.8) is 0 Å². The number of carbonyl (C=O) groups excluding carboxylic acids is 2. The summed E-state index contributed by atoms with van der Waals surface area (Å²) in [4.78, 5) is 31.7. The molecular weight excluding hydrogens is 609 g/mol. The Labute approximate surface area is 262 Å². The van der Waals surface area contributed by atoms with Gasteiger partial charge in [-0.1, -0.05) is 22.5 Å². The number of amides is 2. The summed E-state index contributed by atoms with van der Waals surface area (Å²) in [5, 5.41) is 2.62. The Balaban J connectivity index is 1.43. The number of ether oxygens (including phenoxy) is 1. The number of amidine groups is 1. The van der Waals surface area contributed by atoms with E-state index in [2.05, 4.69) is 23.5 Å². The van der Waals surface area contributed by atoms with E-state index in [4.69, 9.17) is 4.74 Å². The van der Waals surface area contributed by atoms with Crippen molar-refractivity contribution in [2.45, 2.75) is 44.3 Å². The van der Waals surface area contributed by atoms with Gasteiger partial charge in [-0.15, -0.1) is 13.2 Å². The minimum absolute atomic E-state index is 0.00550. The van der Waals surface area contributed by atoms with Crippen molar-refractivity contribution in [2.24, 2.45) is 4.99 Å². The van der Waals surface area contributed by atoms with Gasteiger partial charge in [0.2, 0.25) is 0 Å². The van der Waals surface area contributed by atoms with Gasteiger partial charge in [-0.2, -0.15) is 17.7 Å². The third kappa shape index (κ3) is 7.89. The highest BCUT2D eigenvalue weighted by atomic mass is 32.3. The first-order chi connectivity index (χ1) is 21.2. The molecule has 1 unspecified atom stereocenters. The molecular formula is C32H38F3N4O5S+. The maximum atomic E-state index is 13.6. The van der Waals surface area contributed by atoms with Crippen molar-refractivity contribution < 1.29 is 36.3 Å². The fraction of sp³-hybridized carbons (Fsp3) is 0.406. The second kappa shape index (κ2) is 13.7. The number of benzene rings is 2. The number of rotatable bonds is 12. The third-order valence-corrected chi connectivity index (χ3v) is 9.92. The number of hydrogen-bond donors (Lipinski definition) is 2. The van der Waals surface area contributed by atoms with Crippen molar-refractivity contribution in [3.8, 4) is 5.75 Å². The highest BCUT2D eigenvalue weighted by Crippen LogP contribution is 2.36. The lowest BCUT2D eigenvalue weighted by Crippen LogP contribution is -2.52. The second-order valence-electron chi connectivity index (χ2n) is 11.2. The van der Waals surface area contributed by atoms with Crippen molar-refractivity contribution in [1.82, 2.24) is 14.5 Å². The zero-order valence-corrected chi connectivity index (χ0v) is 26.2. The number of likely N-dealkylation sites (N-methyl/N-ethyl adjacent to an activating group) is 1. The van der Waals surface area contributed by atoms with Crippen LogP contribution in [0.2, 0.25) is 0 Å². The molecule has 0 saturated carbocycles. The summed E-state index contributed by atoms with van der Waals surface area (Å²) in [5.74, 6) is -0.664. The predicted molar refractivity (Wildman–Crippen MR) is 168 cm³/mol. The molecule has 0 radical (unpaired) electrons. The maximum Gasteiger partial charge on any atom is 0.416 e. The monoisotopic (exact) mass is 647 g/mol. The van der Waals surface area contributed by atoms with E-state index in [1.807, 2.05) is 6.92 Å². The smallest absolute Gasteiger partial charge is 0.416 e. The van der Waals surface area contributed by atoms with Gasteiger partial charge in [0.25, 0.3) is 22.2 Å². The van der Waals surface area contributed by atoms with Crippen molar-refractivity contribution in [1.29, 1.82) is 0 Å². The van der Waals surface area contributed by atoms with Crippen molar-refractivity contribution in [2.75, 3.05) is 39.0 Å². The van der Waals surface area contributed by atoms with Crippen LogP contribution in [0.15, 0.2) is 66.7 Å².